The molecule has 25 heavy (non-hydrogen) atoms. The van der Waals surface area contributed by atoms with Gasteiger partial charge in [-0.3, -0.25) is 0 Å². The van der Waals surface area contributed by atoms with Gasteiger partial charge in [-0.05, 0) is 41.1 Å². The first-order valence-electron chi connectivity index (χ1n) is 7.52. The molecule has 0 spiro atoms. The third kappa shape index (κ3) is 2.72. The van der Waals surface area contributed by atoms with E-state index in [0.717, 1.165) is 20.9 Å². The Morgan fingerprint density at radius 1 is 0.880 bits per heavy atom. The van der Waals surface area contributed by atoms with Crippen LogP contribution in [0.1, 0.15) is 10.4 Å². The molecule has 0 aliphatic carbocycles. The van der Waals surface area contributed by atoms with Crippen molar-refractivity contribution in [2.75, 3.05) is 0 Å². The number of carboxylic acids is 1. The summed E-state index contributed by atoms with van der Waals surface area (Å²) in [6.45, 7) is 0. The monoisotopic (exact) mass is 348 g/mol. The summed E-state index contributed by atoms with van der Waals surface area (Å²) in [5.74, 6) is -0.880. The van der Waals surface area contributed by atoms with Gasteiger partial charge in [-0.2, -0.15) is 0 Å². The molecule has 0 atom stereocenters. The van der Waals surface area contributed by atoms with Crippen molar-refractivity contribution in [1.82, 2.24) is 0 Å². The number of azo groups is 1. The SMILES string of the molecule is O=C(O)c1ccc(N=Nc2sc3c(ccc4ccccc43)c2O)cc1. The molecule has 4 rings (SSSR count). The summed E-state index contributed by atoms with van der Waals surface area (Å²) < 4.78 is 0.964. The van der Waals surface area contributed by atoms with Gasteiger partial charge in [0, 0.05) is 10.1 Å². The maximum absolute atomic E-state index is 10.9. The van der Waals surface area contributed by atoms with Crippen molar-refractivity contribution < 1.29 is 15.0 Å². The van der Waals surface area contributed by atoms with Crippen LogP contribution in [-0.4, -0.2) is 16.2 Å². The minimum Gasteiger partial charge on any atom is -0.504 e. The van der Waals surface area contributed by atoms with E-state index in [2.05, 4.69) is 10.2 Å². The molecule has 0 unspecified atom stereocenters. The highest BCUT2D eigenvalue weighted by atomic mass is 32.1. The average molecular weight is 348 g/mol. The fraction of sp³-hybridized carbons (Fsp3) is 0. The average Bonchev–Trinajstić information content (AvgIpc) is 2.97. The molecule has 4 aromatic rings. The summed E-state index contributed by atoms with van der Waals surface area (Å²) in [5, 5.41) is 30.9. The Kier molecular flexibility index (Phi) is 3.66. The molecule has 0 saturated heterocycles. The van der Waals surface area contributed by atoms with E-state index < -0.39 is 5.97 Å². The van der Waals surface area contributed by atoms with Gasteiger partial charge in [0.1, 0.15) is 0 Å². The van der Waals surface area contributed by atoms with Crippen LogP contribution < -0.4 is 0 Å². The second-order valence-electron chi connectivity index (χ2n) is 5.47. The Hall–Kier alpha value is -3.25. The van der Waals surface area contributed by atoms with Crippen molar-refractivity contribution in [3.05, 3.63) is 66.2 Å². The first-order valence-corrected chi connectivity index (χ1v) is 8.33. The number of benzene rings is 3. The molecule has 0 bridgehead atoms. The molecule has 2 N–H and O–H groups in total. The fourth-order valence-electron chi connectivity index (χ4n) is 2.64. The molecule has 3 aromatic carbocycles. The first kappa shape index (κ1) is 15.3. The summed E-state index contributed by atoms with van der Waals surface area (Å²) in [7, 11) is 0. The molecule has 0 radical (unpaired) electrons. The minimum atomic E-state index is -0.988. The van der Waals surface area contributed by atoms with Crippen LogP contribution in [0.3, 0.4) is 0 Å². The second kappa shape index (κ2) is 5.99. The molecule has 0 aliphatic rings. The summed E-state index contributed by atoms with van der Waals surface area (Å²) in [4.78, 5) is 10.9. The lowest BCUT2D eigenvalue weighted by Crippen LogP contribution is -1.93. The summed E-state index contributed by atoms with van der Waals surface area (Å²) in [6.07, 6.45) is 0. The number of carboxylic acid groups (broad SMARTS) is 1. The van der Waals surface area contributed by atoms with Crippen LogP contribution in [0.15, 0.2) is 70.9 Å². The molecule has 1 heterocycles. The standard InChI is InChI=1S/C19H12N2O3S/c22-16-15-10-7-11-3-1-2-4-14(11)17(15)25-18(16)21-20-13-8-5-12(6-9-13)19(23)24/h1-10,22H,(H,23,24). The first-order chi connectivity index (χ1) is 12.1. The van der Waals surface area contributed by atoms with Crippen LogP contribution in [0, 0.1) is 0 Å². The molecule has 5 nitrogen and oxygen atoms in total. The third-order valence-corrected chi connectivity index (χ3v) is 5.02. The lowest BCUT2D eigenvalue weighted by atomic mass is 10.1. The minimum absolute atomic E-state index is 0.108. The zero-order chi connectivity index (χ0) is 17.4. The van der Waals surface area contributed by atoms with Crippen molar-refractivity contribution in [2.24, 2.45) is 10.2 Å². The predicted octanol–water partition coefficient (Wildman–Crippen LogP) is 5.87. The van der Waals surface area contributed by atoms with Gasteiger partial charge in [-0.25, -0.2) is 4.79 Å². The lowest BCUT2D eigenvalue weighted by Gasteiger charge is -1.97. The van der Waals surface area contributed by atoms with Crippen LogP contribution in [0.4, 0.5) is 10.7 Å². The van der Waals surface area contributed by atoms with E-state index >= 15 is 0 Å². The van der Waals surface area contributed by atoms with Gasteiger partial charge in [-0.15, -0.1) is 21.6 Å². The van der Waals surface area contributed by atoms with Gasteiger partial charge in [0.25, 0.3) is 0 Å². The molecule has 122 valence electrons. The van der Waals surface area contributed by atoms with Crippen LogP contribution in [0.25, 0.3) is 20.9 Å². The second-order valence-corrected chi connectivity index (χ2v) is 6.47. The zero-order valence-corrected chi connectivity index (χ0v) is 13.7. The topological polar surface area (TPSA) is 82.2 Å². The molecular formula is C19H12N2O3S. The number of nitrogens with zero attached hydrogens (tertiary/aromatic N) is 2. The number of hydrogen-bond donors (Lipinski definition) is 2. The summed E-state index contributed by atoms with van der Waals surface area (Å²) in [6, 6.07) is 17.9. The molecule has 0 saturated carbocycles. The smallest absolute Gasteiger partial charge is 0.335 e. The maximum Gasteiger partial charge on any atom is 0.335 e. The molecule has 0 amide bonds. The Morgan fingerprint density at radius 3 is 2.40 bits per heavy atom. The highest BCUT2D eigenvalue weighted by Crippen LogP contribution is 2.46. The van der Waals surface area contributed by atoms with Crippen molar-refractivity contribution in [2.45, 2.75) is 0 Å². The van der Waals surface area contributed by atoms with E-state index in [9.17, 15) is 9.90 Å². The van der Waals surface area contributed by atoms with Crippen molar-refractivity contribution in [1.29, 1.82) is 0 Å². The van der Waals surface area contributed by atoms with Crippen molar-refractivity contribution in [3.8, 4) is 5.75 Å². The Balaban J connectivity index is 1.75. The molecule has 0 aliphatic heterocycles. The molecule has 1 aromatic heterocycles. The molecule has 6 heteroatoms. The quantitative estimate of drug-likeness (QED) is 0.454. The van der Waals surface area contributed by atoms with E-state index in [-0.39, 0.29) is 11.3 Å². The summed E-state index contributed by atoms with van der Waals surface area (Å²) in [5.41, 5.74) is 0.710. The molecule has 0 fully saturated rings. The highest BCUT2D eigenvalue weighted by Gasteiger charge is 2.13. The maximum atomic E-state index is 10.9. The van der Waals surface area contributed by atoms with Crippen LogP contribution in [0.5, 0.6) is 5.75 Å². The van der Waals surface area contributed by atoms with Gasteiger partial charge in [0.15, 0.2) is 10.8 Å². The van der Waals surface area contributed by atoms with Crippen LogP contribution in [0.2, 0.25) is 0 Å². The van der Waals surface area contributed by atoms with Crippen molar-refractivity contribution in [3.63, 3.8) is 0 Å². The van der Waals surface area contributed by atoms with Gasteiger partial charge in [0.05, 0.1) is 11.3 Å². The van der Waals surface area contributed by atoms with E-state index in [1.54, 1.807) is 12.1 Å². The van der Waals surface area contributed by atoms with E-state index in [1.165, 1.54) is 23.5 Å². The third-order valence-electron chi connectivity index (χ3n) is 3.91. The Bertz CT molecular complexity index is 1130. The number of carbonyl (C=O) groups is 1. The number of fused-ring (bicyclic) bond motifs is 3. The number of aromatic carboxylic acids is 1. The number of aromatic hydroxyl groups is 1. The highest BCUT2D eigenvalue weighted by molar-refractivity contribution is 7.24. The largest absolute Gasteiger partial charge is 0.504 e. The van der Waals surface area contributed by atoms with Crippen molar-refractivity contribution >= 4 is 48.9 Å². The van der Waals surface area contributed by atoms with E-state index in [0.29, 0.717) is 10.7 Å². The Morgan fingerprint density at radius 2 is 1.64 bits per heavy atom. The van der Waals surface area contributed by atoms with E-state index in [4.69, 9.17) is 5.11 Å². The van der Waals surface area contributed by atoms with Gasteiger partial charge < -0.3 is 10.2 Å². The van der Waals surface area contributed by atoms with Gasteiger partial charge in [-0.1, -0.05) is 30.3 Å². The predicted molar refractivity (Wildman–Crippen MR) is 98.6 cm³/mol. The number of hydrogen-bond acceptors (Lipinski definition) is 5. The lowest BCUT2D eigenvalue weighted by molar-refractivity contribution is 0.0697. The van der Waals surface area contributed by atoms with E-state index in [1.807, 2.05) is 36.4 Å². The number of rotatable bonds is 3. The molecular weight excluding hydrogens is 336 g/mol. The normalized spacial score (nSPS) is 11.5. The Labute approximate surface area is 146 Å². The zero-order valence-electron chi connectivity index (χ0n) is 12.9. The van der Waals surface area contributed by atoms with Crippen LogP contribution in [-0.2, 0) is 0 Å². The summed E-state index contributed by atoms with van der Waals surface area (Å²) >= 11 is 1.38. The van der Waals surface area contributed by atoms with Crippen LogP contribution >= 0.6 is 11.3 Å². The number of thiophene rings is 1. The van der Waals surface area contributed by atoms with Gasteiger partial charge >= 0.3 is 5.97 Å². The van der Waals surface area contributed by atoms with Gasteiger partial charge in [0.2, 0.25) is 0 Å². The fourth-order valence-corrected chi connectivity index (χ4v) is 3.69.